The minimum absolute atomic E-state index is 0.0676. The molecule has 0 unspecified atom stereocenters. The lowest BCUT2D eigenvalue weighted by Gasteiger charge is -2.09. The molecule has 20 heavy (non-hydrogen) atoms. The molecule has 7 heteroatoms. The number of carbonyl (C=O) groups is 1. The monoisotopic (exact) mass is 339 g/mol. The Morgan fingerprint density at radius 1 is 1.40 bits per heavy atom. The van der Waals surface area contributed by atoms with Gasteiger partial charge in [0.1, 0.15) is 12.4 Å². The fraction of sp³-hybridized carbons (Fsp3) is 0.231. The summed E-state index contributed by atoms with van der Waals surface area (Å²) in [6, 6.07) is 9.40. The lowest BCUT2D eigenvalue weighted by Crippen LogP contribution is -2.18. The van der Waals surface area contributed by atoms with Gasteiger partial charge >= 0.3 is 6.09 Å². The topological polar surface area (TPSA) is 76.4 Å². The van der Waals surface area contributed by atoms with E-state index in [2.05, 4.69) is 26.3 Å². The summed E-state index contributed by atoms with van der Waals surface area (Å²) in [6.07, 6.45) is 0.969. The number of anilines is 1. The average molecular weight is 340 g/mol. The van der Waals surface area contributed by atoms with Crippen LogP contribution < -0.4 is 5.32 Å². The van der Waals surface area contributed by atoms with E-state index in [-0.39, 0.29) is 13.2 Å². The average Bonchev–Trinajstić information content (AvgIpc) is 2.80. The Kier molecular flexibility index (Phi) is 5.14. The zero-order valence-electron chi connectivity index (χ0n) is 10.6. The van der Waals surface area contributed by atoms with Crippen molar-refractivity contribution in [2.45, 2.75) is 13.2 Å². The Bertz CT molecular complexity index is 571. The van der Waals surface area contributed by atoms with Gasteiger partial charge in [0, 0.05) is 0 Å². The highest BCUT2D eigenvalue weighted by Gasteiger charge is 2.12. The highest BCUT2D eigenvalue weighted by molar-refractivity contribution is 9.10. The molecule has 0 aliphatic carbocycles. The van der Waals surface area contributed by atoms with E-state index >= 15 is 0 Å². The Morgan fingerprint density at radius 2 is 2.15 bits per heavy atom. The molecular weight excluding hydrogens is 326 g/mol. The summed E-state index contributed by atoms with van der Waals surface area (Å²) < 4.78 is 7.22. The second kappa shape index (κ2) is 7.06. The van der Waals surface area contributed by atoms with Crippen LogP contribution in [0.1, 0.15) is 5.56 Å². The first-order valence-corrected chi connectivity index (χ1v) is 6.80. The molecule has 0 fully saturated rings. The lowest BCUT2D eigenvalue weighted by molar-refractivity contribution is 0.154. The number of carbonyl (C=O) groups excluding carboxylic acids is 1. The second-order valence-electron chi connectivity index (χ2n) is 3.97. The smallest absolute Gasteiger partial charge is 0.413 e. The van der Waals surface area contributed by atoms with Crippen LogP contribution in [0, 0.1) is 0 Å². The minimum atomic E-state index is -0.575. The third-order valence-electron chi connectivity index (χ3n) is 2.54. The third kappa shape index (κ3) is 3.82. The van der Waals surface area contributed by atoms with Crippen LogP contribution in [-0.4, -0.2) is 27.6 Å². The number of aliphatic hydroxyl groups excluding tert-OH is 1. The number of amides is 1. The van der Waals surface area contributed by atoms with E-state index in [4.69, 9.17) is 9.84 Å². The maximum atomic E-state index is 11.7. The molecular formula is C13H14BrN3O3. The highest BCUT2D eigenvalue weighted by atomic mass is 79.9. The Labute approximate surface area is 124 Å². The zero-order valence-corrected chi connectivity index (χ0v) is 12.2. The van der Waals surface area contributed by atoms with Gasteiger partial charge in [0.15, 0.2) is 0 Å². The maximum absolute atomic E-state index is 11.7. The van der Waals surface area contributed by atoms with Gasteiger partial charge in [0.05, 0.1) is 23.8 Å². The summed E-state index contributed by atoms with van der Waals surface area (Å²) >= 11 is 3.28. The molecule has 0 saturated carbocycles. The number of nitrogens with zero attached hydrogens (tertiary/aromatic N) is 2. The Balaban J connectivity index is 1.93. The number of rotatable bonds is 5. The summed E-state index contributed by atoms with van der Waals surface area (Å²) in [4.78, 5) is 11.7. The van der Waals surface area contributed by atoms with E-state index < -0.39 is 6.09 Å². The normalized spacial score (nSPS) is 10.3. The van der Waals surface area contributed by atoms with E-state index in [1.165, 1.54) is 4.68 Å². The quantitative estimate of drug-likeness (QED) is 0.876. The van der Waals surface area contributed by atoms with Gasteiger partial charge in [-0.05, 0) is 21.5 Å². The van der Waals surface area contributed by atoms with E-state index in [0.717, 1.165) is 5.56 Å². The molecule has 0 aliphatic rings. The summed E-state index contributed by atoms with van der Waals surface area (Å²) in [5.74, 6) is 0.456. The first-order chi connectivity index (χ1) is 9.70. The van der Waals surface area contributed by atoms with Crippen LogP contribution in [0.25, 0.3) is 0 Å². The molecule has 0 atom stereocenters. The van der Waals surface area contributed by atoms with Gasteiger partial charge in [-0.15, -0.1) is 0 Å². The number of hydrogen-bond donors (Lipinski definition) is 2. The zero-order chi connectivity index (χ0) is 14.4. The van der Waals surface area contributed by atoms with E-state index in [0.29, 0.717) is 16.8 Å². The first-order valence-electron chi connectivity index (χ1n) is 6.00. The van der Waals surface area contributed by atoms with Gasteiger partial charge in [-0.2, -0.15) is 5.10 Å². The lowest BCUT2D eigenvalue weighted by atomic mass is 10.2. The molecule has 2 rings (SSSR count). The first kappa shape index (κ1) is 14.5. The predicted molar refractivity (Wildman–Crippen MR) is 77.3 cm³/mol. The molecule has 0 radical (unpaired) electrons. The van der Waals surface area contributed by atoms with Crippen LogP contribution in [0.3, 0.4) is 0 Å². The molecule has 0 spiro atoms. The summed E-state index contributed by atoms with van der Waals surface area (Å²) in [6.45, 7) is 0.417. The van der Waals surface area contributed by atoms with Crippen molar-refractivity contribution in [1.29, 1.82) is 0 Å². The fourth-order valence-corrected chi connectivity index (χ4v) is 2.00. The maximum Gasteiger partial charge on any atom is 0.413 e. The summed E-state index contributed by atoms with van der Waals surface area (Å²) in [7, 11) is 0. The Hall–Kier alpha value is -1.86. The number of aromatic nitrogens is 2. The van der Waals surface area contributed by atoms with Gasteiger partial charge in [-0.3, -0.25) is 5.32 Å². The number of ether oxygens (including phenoxy) is 1. The van der Waals surface area contributed by atoms with Gasteiger partial charge in [-0.1, -0.05) is 30.3 Å². The van der Waals surface area contributed by atoms with Gasteiger partial charge < -0.3 is 9.84 Å². The van der Waals surface area contributed by atoms with Crippen LogP contribution >= 0.6 is 15.9 Å². The molecule has 2 aromatic rings. The van der Waals surface area contributed by atoms with Gasteiger partial charge in [-0.25, -0.2) is 9.48 Å². The molecule has 1 aromatic heterocycles. The number of benzene rings is 1. The largest absolute Gasteiger partial charge is 0.444 e. The van der Waals surface area contributed by atoms with Crippen LogP contribution in [0.5, 0.6) is 0 Å². The fourth-order valence-electron chi connectivity index (χ4n) is 1.61. The SMILES string of the molecule is O=C(Nc1c(Br)cnn1CCO)OCc1ccccc1. The molecule has 6 nitrogen and oxygen atoms in total. The van der Waals surface area contributed by atoms with Crippen molar-refractivity contribution in [2.24, 2.45) is 0 Å². The molecule has 2 N–H and O–H groups in total. The van der Waals surface area contributed by atoms with Crippen molar-refractivity contribution >= 4 is 27.8 Å². The predicted octanol–water partition coefficient (Wildman–Crippen LogP) is 2.39. The highest BCUT2D eigenvalue weighted by Crippen LogP contribution is 2.21. The minimum Gasteiger partial charge on any atom is -0.444 e. The molecule has 1 amide bonds. The van der Waals surface area contributed by atoms with Crippen LogP contribution in [0.4, 0.5) is 10.6 Å². The standard InChI is InChI=1S/C13H14BrN3O3/c14-11-8-15-17(6-7-18)12(11)16-13(19)20-9-10-4-2-1-3-5-10/h1-5,8,18H,6-7,9H2,(H,16,19). The summed E-state index contributed by atoms with van der Waals surface area (Å²) in [5, 5.41) is 15.5. The van der Waals surface area contributed by atoms with E-state index in [1.807, 2.05) is 30.3 Å². The van der Waals surface area contributed by atoms with Crippen LogP contribution in [-0.2, 0) is 17.9 Å². The van der Waals surface area contributed by atoms with Crippen LogP contribution in [0.2, 0.25) is 0 Å². The number of nitrogens with one attached hydrogen (secondary N) is 1. The molecule has 0 saturated heterocycles. The van der Waals surface area contributed by atoms with Crippen molar-refractivity contribution in [3.63, 3.8) is 0 Å². The molecule has 106 valence electrons. The second-order valence-corrected chi connectivity index (χ2v) is 4.83. The van der Waals surface area contributed by atoms with Crippen molar-refractivity contribution in [1.82, 2.24) is 9.78 Å². The van der Waals surface area contributed by atoms with Gasteiger partial charge in [0.2, 0.25) is 0 Å². The van der Waals surface area contributed by atoms with Crippen LogP contribution in [0.15, 0.2) is 41.0 Å². The third-order valence-corrected chi connectivity index (χ3v) is 3.12. The molecule has 0 bridgehead atoms. The van der Waals surface area contributed by atoms with Crippen molar-refractivity contribution in [3.8, 4) is 0 Å². The van der Waals surface area contributed by atoms with Crippen molar-refractivity contribution in [2.75, 3.05) is 11.9 Å². The van der Waals surface area contributed by atoms with Crippen molar-refractivity contribution in [3.05, 3.63) is 46.6 Å². The number of hydrogen-bond acceptors (Lipinski definition) is 4. The van der Waals surface area contributed by atoms with Gasteiger partial charge in [0.25, 0.3) is 0 Å². The number of halogens is 1. The molecule has 0 aliphatic heterocycles. The van der Waals surface area contributed by atoms with Crippen molar-refractivity contribution < 1.29 is 14.6 Å². The number of aliphatic hydroxyl groups is 1. The summed E-state index contributed by atoms with van der Waals surface area (Å²) in [5.41, 5.74) is 0.908. The molecule has 1 heterocycles. The van der Waals surface area contributed by atoms with E-state index in [9.17, 15) is 4.79 Å². The molecule has 1 aromatic carbocycles. The Morgan fingerprint density at radius 3 is 2.85 bits per heavy atom. The van der Waals surface area contributed by atoms with E-state index in [1.54, 1.807) is 6.20 Å².